The lowest BCUT2D eigenvalue weighted by molar-refractivity contribution is -0.127. The summed E-state index contributed by atoms with van der Waals surface area (Å²) in [4.78, 5) is 56.5. The van der Waals surface area contributed by atoms with E-state index in [1.165, 1.54) is 0 Å². The second-order valence-electron chi connectivity index (χ2n) is 9.67. The van der Waals surface area contributed by atoms with Crippen LogP contribution in [0.4, 0.5) is 5.69 Å². The molecule has 0 saturated carbocycles. The molecule has 3 aromatic rings. The number of amides is 2. The summed E-state index contributed by atoms with van der Waals surface area (Å²) in [6.07, 6.45) is -0.907. The van der Waals surface area contributed by atoms with Crippen molar-refractivity contribution in [2.24, 2.45) is 11.8 Å². The Morgan fingerprint density at radius 1 is 0.743 bits per heavy atom. The number of fused-ring (bicyclic) bond motifs is 3. The first-order valence-electron chi connectivity index (χ1n) is 11.6. The molecule has 3 aromatic carbocycles. The maximum absolute atomic E-state index is 13.9. The average molecular weight is 466 g/mol. The normalized spacial score (nSPS) is 24.4. The third-order valence-corrected chi connectivity index (χ3v) is 7.67. The molecule has 6 heteroatoms. The number of hydrogen-bond donors (Lipinski definition) is 0. The molecule has 2 heterocycles. The van der Waals surface area contributed by atoms with E-state index in [1.807, 2.05) is 51.1 Å². The number of Topliss-reactive ketones (excluding diaryl/α,β-unsaturated/α-hetero) is 2. The van der Waals surface area contributed by atoms with Gasteiger partial charge in [0.2, 0.25) is 29.0 Å². The SMILES string of the molecule is Cc1ccc([C@@H]2OC3(C(=O)c4ccccc4C3=O)[C@H]3C(=O)N(c4ccc(C)c(C)c4)C(=O)[C@@H]23)cc1. The van der Waals surface area contributed by atoms with E-state index in [0.29, 0.717) is 11.3 Å². The van der Waals surface area contributed by atoms with Crippen LogP contribution in [0.15, 0.2) is 66.7 Å². The van der Waals surface area contributed by atoms with E-state index in [1.54, 1.807) is 36.4 Å². The molecular weight excluding hydrogens is 442 g/mol. The first kappa shape index (κ1) is 21.6. The molecule has 6 rings (SSSR count). The summed E-state index contributed by atoms with van der Waals surface area (Å²) in [5.74, 6) is -4.37. The number of hydrogen-bond acceptors (Lipinski definition) is 5. The topological polar surface area (TPSA) is 80.8 Å². The quantitative estimate of drug-likeness (QED) is 0.416. The molecule has 0 N–H and O–H groups in total. The number of imide groups is 1. The highest BCUT2D eigenvalue weighted by molar-refractivity contribution is 6.37. The van der Waals surface area contributed by atoms with E-state index in [0.717, 1.165) is 21.6 Å². The molecule has 1 aliphatic carbocycles. The number of anilines is 1. The third kappa shape index (κ3) is 2.74. The number of aryl methyl sites for hydroxylation is 3. The first-order chi connectivity index (χ1) is 16.8. The molecule has 6 nitrogen and oxygen atoms in total. The van der Waals surface area contributed by atoms with Crippen LogP contribution in [0, 0.1) is 32.6 Å². The van der Waals surface area contributed by atoms with Crippen LogP contribution >= 0.6 is 0 Å². The van der Waals surface area contributed by atoms with Gasteiger partial charge in [-0.1, -0.05) is 60.2 Å². The van der Waals surface area contributed by atoms with Crippen LogP contribution in [0.5, 0.6) is 0 Å². The Hall–Kier alpha value is -3.90. The molecule has 2 saturated heterocycles. The highest BCUT2D eigenvalue weighted by Crippen LogP contribution is 2.57. The number of nitrogens with zero attached hydrogens (tertiary/aromatic N) is 1. The van der Waals surface area contributed by atoms with Gasteiger partial charge in [-0.15, -0.1) is 0 Å². The van der Waals surface area contributed by atoms with Crippen LogP contribution in [-0.2, 0) is 14.3 Å². The molecule has 0 bridgehead atoms. The lowest BCUT2D eigenvalue weighted by atomic mass is 9.77. The highest BCUT2D eigenvalue weighted by atomic mass is 16.5. The summed E-state index contributed by atoms with van der Waals surface area (Å²) < 4.78 is 6.31. The van der Waals surface area contributed by atoms with Crippen molar-refractivity contribution in [1.29, 1.82) is 0 Å². The summed E-state index contributed by atoms with van der Waals surface area (Å²) >= 11 is 0. The Balaban J connectivity index is 1.54. The van der Waals surface area contributed by atoms with Gasteiger partial charge in [0.25, 0.3) is 0 Å². The third-order valence-electron chi connectivity index (χ3n) is 7.67. The molecule has 3 atom stereocenters. The van der Waals surface area contributed by atoms with E-state index < -0.39 is 46.9 Å². The monoisotopic (exact) mass is 465 g/mol. The van der Waals surface area contributed by atoms with Gasteiger partial charge in [0.05, 0.1) is 23.6 Å². The Morgan fingerprint density at radius 2 is 1.37 bits per heavy atom. The average Bonchev–Trinajstić information content (AvgIpc) is 3.41. The van der Waals surface area contributed by atoms with Crippen molar-refractivity contribution in [3.63, 3.8) is 0 Å². The summed E-state index contributed by atoms with van der Waals surface area (Å²) in [7, 11) is 0. The molecule has 2 aliphatic heterocycles. The predicted molar refractivity (Wildman–Crippen MR) is 128 cm³/mol. The van der Waals surface area contributed by atoms with Crippen LogP contribution in [-0.4, -0.2) is 29.0 Å². The van der Waals surface area contributed by atoms with Gasteiger partial charge >= 0.3 is 0 Å². The van der Waals surface area contributed by atoms with Gasteiger partial charge in [0, 0.05) is 11.1 Å². The molecule has 35 heavy (non-hydrogen) atoms. The van der Waals surface area contributed by atoms with Gasteiger partial charge in [-0.2, -0.15) is 0 Å². The van der Waals surface area contributed by atoms with E-state index >= 15 is 0 Å². The van der Waals surface area contributed by atoms with Gasteiger partial charge in [0.1, 0.15) is 0 Å². The smallest absolute Gasteiger partial charge is 0.241 e. The van der Waals surface area contributed by atoms with E-state index in [4.69, 9.17) is 4.74 Å². The molecule has 0 aromatic heterocycles. The largest absolute Gasteiger partial charge is 0.349 e. The molecular formula is C29H23NO5. The van der Waals surface area contributed by atoms with Crippen LogP contribution in [0.1, 0.15) is 49.1 Å². The zero-order valence-electron chi connectivity index (χ0n) is 19.6. The standard InChI is InChI=1S/C29H23NO5/c1-15-8-11-18(12-9-15)24-22-23(28(34)30(27(22)33)19-13-10-16(2)17(3)14-19)29(35-24)25(31)20-6-4-5-7-21(20)26(29)32/h4-14,22-24H,1-3H3/t22-,23-,24+/m1/s1. The molecule has 2 amide bonds. The number of carbonyl (C=O) groups excluding carboxylic acids is 4. The minimum atomic E-state index is -2.05. The fourth-order valence-electron chi connectivity index (χ4n) is 5.69. The van der Waals surface area contributed by atoms with Crippen LogP contribution in [0.25, 0.3) is 0 Å². The van der Waals surface area contributed by atoms with Crippen molar-refractivity contribution < 1.29 is 23.9 Å². The fourth-order valence-corrected chi connectivity index (χ4v) is 5.69. The van der Waals surface area contributed by atoms with Crippen LogP contribution < -0.4 is 4.90 Å². The van der Waals surface area contributed by atoms with Crippen molar-refractivity contribution in [1.82, 2.24) is 0 Å². The van der Waals surface area contributed by atoms with Crippen molar-refractivity contribution in [3.05, 3.63) is 100 Å². The van der Waals surface area contributed by atoms with Gasteiger partial charge in [-0.25, -0.2) is 4.90 Å². The molecule has 2 fully saturated rings. The summed E-state index contributed by atoms with van der Waals surface area (Å²) in [5, 5.41) is 0. The summed E-state index contributed by atoms with van der Waals surface area (Å²) in [5.41, 5.74) is 2.47. The van der Waals surface area contributed by atoms with Crippen molar-refractivity contribution in [2.45, 2.75) is 32.5 Å². The van der Waals surface area contributed by atoms with Crippen molar-refractivity contribution in [2.75, 3.05) is 4.90 Å². The van der Waals surface area contributed by atoms with Crippen molar-refractivity contribution >= 4 is 29.1 Å². The van der Waals surface area contributed by atoms with Crippen LogP contribution in [0.2, 0.25) is 0 Å². The number of carbonyl (C=O) groups is 4. The Morgan fingerprint density at radius 3 is 1.97 bits per heavy atom. The number of ketones is 2. The Labute approximate surface area is 202 Å². The minimum Gasteiger partial charge on any atom is -0.349 e. The van der Waals surface area contributed by atoms with Gasteiger partial charge < -0.3 is 4.74 Å². The minimum absolute atomic E-state index is 0.227. The fraction of sp³-hybridized carbons (Fsp3) is 0.241. The number of benzene rings is 3. The zero-order valence-corrected chi connectivity index (χ0v) is 19.6. The first-order valence-corrected chi connectivity index (χ1v) is 11.6. The second-order valence-corrected chi connectivity index (χ2v) is 9.67. The number of rotatable bonds is 2. The van der Waals surface area contributed by atoms with Crippen molar-refractivity contribution in [3.8, 4) is 0 Å². The van der Waals surface area contributed by atoms with E-state index in [9.17, 15) is 19.2 Å². The molecule has 174 valence electrons. The maximum atomic E-state index is 13.9. The Kier molecular flexibility index (Phi) is 4.51. The second kappa shape index (κ2) is 7.30. The van der Waals surface area contributed by atoms with Gasteiger partial charge in [0.15, 0.2) is 0 Å². The summed E-state index contributed by atoms with van der Waals surface area (Å²) in [6, 6.07) is 19.3. The van der Waals surface area contributed by atoms with Gasteiger partial charge in [-0.3, -0.25) is 19.2 Å². The molecule has 1 spiro atoms. The van der Waals surface area contributed by atoms with Gasteiger partial charge in [-0.05, 0) is 49.6 Å². The molecule has 0 radical (unpaired) electrons. The summed E-state index contributed by atoms with van der Waals surface area (Å²) in [6.45, 7) is 5.80. The Bertz CT molecular complexity index is 1420. The number of ether oxygens (including phenoxy) is 1. The highest BCUT2D eigenvalue weighted by Gasteiger charge is 2.74. The predicted octanol–water partition coefficient (Wildman–Crippen LogP) is 4.31. The van der Waals surface area contributed by atoms with E-state index in [-0.39, 0.29) is 11.1 Å². The maximum Gasteiger partial charge on any atom is 0.241 e. The van der Waals surface area contributed by atoms with Crippen LogP contribution in [0.3, 0.4) is 0 Å². The van der Waals surface area contributed by atoms with E-state index in [2.05, 4.69) is 0 Å². The lowest BCUT2D eigenvalue weighted by Crippen LogP contribution is -2.51. The molecule has 0 unspecified atom stereocenters. The zero-order chi connectivity index (χ0) is 24.6. The lowest BCUT2D eigenvalue weighted by Gasteiger charge is -2.27. The molecule has 3 aliphatic rings.